The van der Waals surface area contributed by atoms with Crippen molar-refractivity contribution in [2.24, 2.45) is 5.14 Å². The molecule has 0 aliphatic carbocycles. The molecule has 1 atom stereocenters. The number of benzene rings is 1. The van der Waals surface area contributed by atoms with E-state index in [1.165, 1.54) is 12.1 Å². The third-order valence-electron chi connectivity index (χ3n) is 3.17. The van der Waals surface area contributed by atoms with Gasteiger partial charge in [-0.25, -0.2) is 13.6 Å². The van der Waals surface area contributed by atoms with Crippen LogP contribution < -0.4 is 15.8 Å². The van der Waals surface area contributed by atoms with Crippen LogP contribution in [0.5, 0.6) is 0 Å². The lowest BCUT2D eigenvalue weighted by Gasteiger charge is -2.23. The van der Waals surface area contributed by atoms with E-state index in [1.807, 2.05) is 0 Å². The molecule has 7 nitrogen and oxygen atoms in total. The standard InChI is InChI=1S/C13H19N3O4S/c14-21(18,19)12-3-1-10(2-4-12)8-16-13(17)7-11-9-20-6-5-15-11/h1-4,11,15H,5-9H2,(H,16,17)(H2,14,18,19). The van der Waals surface area contributed by atoms with Crippen molar-refractivity contribution in [3.63, 3.8) is 0 Å². The first-order chi connectivity index (χ1) is 9.95. The summed E-state index contributed by atoms with van der Waals surface area (Å²) in [5.74, 6) is -0.0754. The highest BCUT2D eigenvalue weighted by Crippen LogP contribution is 2.08. The third kappa shape index (κ3) is 5.09. The van der Waals surface area contributed by atoms with E-state index in [9.17, 15) is 13.2 Å². The quantitative estimate of drug-likeness (QED) is 0.667. The van der Waals surface area contributed by atoms with Crippen LogP contribution >= 0.6 is 0 Å². The van der Waals surface area contributed by atoms with Crippen LogP contribution in [0.15, 0.2) is 29.2 Å². The van der Waals surface area contributed by atoms with Gasteiger partial charge in [-0.1, -0.05) is 12.1 Å². The Morgan fingerprint density at radius 1 is 1.38 bits per heavy atom. The molecule has 8 heteroatoms. The number of rotatable bonds is 5. The molecule has 1 amide bonds. The monoisotopic (exact) mass is 313 g/mol. The Morgan fingerprint density at radius 2 is 2.10 bits per heavy atom. The van der Waals surface area contributed by atoms with Gasteiger partial charge in [-0.05, 0) is 17.7 Å². The van der Waals surface area contributed by atoms with Crippen molar-refractivity contribution >= 4 is 15.9 Å². The summed E-state index contributed by atoms with van der Waals surface area (Å²) in [6.45, 7) is 2.31. The number of carbonyl (C=O) groups is 1. The van der Waals surface area contributed by atoms with E-state index in [-0.39, 0.29) is 16.8 Å². The first-order valence-electron chi connectivity index (χ1n) is 6.65. The van der Waals surface area contributed by atoms with Gasteiger partial charge in [0.05, 0.1) is 18.1 Å². The van der Waals surface area contributed by atoms with E-state index in [2.05, 4.69) is 10.6 Å². The fraction of sp³-hybridized carbons (Fsp3) is 0.462. The minimum absolute atomic E-state index is 0.0449. The van der Waals surface area contributed by atoms with Crippen molar-refractivity contribution in [2.45, 2.75) is 23.9 Å². The number of hydrogen-bond acceptors (Lipinski definition) is 5. The normalized spacial score (nSPS) is 19.2. The Morgan fingerprint density at radius 3 is 2.67 bits per heavy atom. The number of nitrogens with one attached hydrogen (secondary N) is 2. The second kappa shape index (κ2) is 6.99. The van der Waals surface area contributed by atoms with Gasteiger partial charge in [0, 0.05) is 25.6 Å². The zero-order chi connectivity index (χ0) is 15.3. The lowest BCUT2D eigenvalue weighted by Crippen LogP contribution is -2.44. The van der Waals surface area contributed by atoms with E-state index in [1.54, 1.807) is 12.1 Å². The van der Waals surface area contributed by atoms with Crippen LogP contribution in [0.1, 0.15) is 12.0 Å². The average molecular weight is 313 g/mol. The topological polar surface area (TPSA) is 111 Å². The molecule has 0 spiro atoms. The smallest absolute Gasteiger partial charge is 0.238 e. The molecule has 0 saturated carbocycles. The van der Waals surface area contributed by atoms with Crippen LogP contribution in [0.3, 0.4) is 0 Å². The number of morpholine rings is 1. The molecule has 1 fully saturated rings. The molecule has 1 aliphatic heterocycles. The Kier molecular flexibility index (Phi) is 5.29. The largest absolute Gasteiger partial charge is 0.378 e. The summed E-state index contributed by atoms with van der Waals surface area (Å²) in [6, 6.07) is 6.15. The summed E-state index contributed by atoms with van der Waals surface area (Å²) in [7, 11) is -3.68. The molecule has 1 heterocycles. The van der Waals surface area contributed by atoms with Crippen LogP contribution in [0.2, 0.25) is 0 Å². The summed E-state index contributed by atoms with van der Waals surface area (Å²) >= 11 is 0. The van der Waals surface area contributed by atoms with Crippen molar-refractivity contribution in [2.75, 3.05) is 19.8 Å². The van der Waals surface area contributed by atoms with E-state index >= 15 is 0 Å². The Balaban J connectivity index is 1.81. The number of nitrogens with two attached hydrogens (primary N) is 1. The number of primary sulfonamides is 1. The fourth-order valence-corrected chi connectivity index (χ4v) is 2.56. The average Bonchev–Trinajstić information content (AvgIpc) is 2.46. The first kappa shape index (κ1) is 15.9. The van der Waals surface area contributed by atoms with Crippen molar-refractivity contribution in [1.82, 2.24) is 10.6 Å². The molecular weight excluding hydrogens is 294 g/mol. The van der Waals surface area contributed by atoms with Crippen molar-refractivity contribution in [3.8, 4) is 0 Å². The minimum atomic E-state index is -3.68. The molecule has 0 bridgehead atoms. The van der Waals surface area contributed by atoms with E-state index in [0.717, 1.165) is 12.1 Å². The molecule has 116 valence electrons. The van der Waals surface area contributed by atoms with Gasteiger partial charge < -0.3 is 15.4 Å². The van der Waals surface area contributed by atoms with Crippen molar-refractivity contribution < 1.29 is 17.9 Å². The van der Waals surface area contributed by atoms with Crippen LogP contribution in [-0.4, -0.2) is 40.1 Å². The summed E-state index contributed by atoms with van der Waals surface area (Å²) < 4.78 is 27.5. The molecule has 0 aromatic heterocycles. The first-order valence-corrected chi connectivity index (χ1v) is 8.19. The molecule has 4 N–H and O–H groups in total. The van der Waals surface area contributed by atoms with Crippen LogP contribution in [-0.2, 0) is 26.1 Å². The van der Waals surface area contributed by atoms with Crippen LogP contribution in [0, 0.1) is 0 Å². The van der Waals surface area contributed by atoms with Gasteiger partial charge in [-0.2, -0.15) is 0 Å². The molecular formula is C13H19N3O4S. The zero-order valence-electron chi connectivity index (χ0n) is 11.5. The molecule has 1 aromatic carbocycles. The molecule has 1 aromatic rings. The van der Waals surface area contributed by atoms with Gasteiger partial charge in [-0.3, -0.25) is 4.79 Å². The van der Waals surface area contributed by atoms with E-state index in [4.69, 9.17) is 9.88 Å². The Labute approximate surface area is 123 Å². The third-order valence-corrected chi connectivity index (χ3v) is 4.10. The number of amides is 1. The highest BCUT2D eigenvalue weighted by molar-refractivity contribution is 7.89. The maximum atomic E-state index is 11.8. The summed E-state index contributed by atoms with van der Waals surface area (Å²) in [4.78, 5) is 11.8. The highest BCUT2D eigenvalue weighted by Gasteiger charge is 2.16. The van der Waals surface area contributed by atoms with Gasteiger partial charge in [0.2, 0.25) is 15.9 Å². The number of ether oxygens (including phenoxy) is 1. The van der Waals surface area contributed by atoms with Gasteiger partial charge in [0.15, 0.2) is 0 Å². The lowest BCUT2D eigenvalue weighted by molar-refractivity contribution is -0.122. The van der Waals surface area contributed by atoms with Gasteiger partial charge >= 0.3 is 0 Å². The zero-order valence-corrected chi connectivity index (χ0v) is 12.4. The van der Waals surface area contributed by atoms with Crippen LogP contribution in [0.4, 0.5) is 0 Å². The molecule has 2 rings (SSSR count). The summed E-state index contributed by atoms with van der Waals surface area (Å²) in [5.41, 5.74) is 0.809. The predicted molar refractivity (Wildman–Crippen MR) is 76.9 cm³/mol. The van der Waals surface area contributed by atoms with Gasteiger partial charge in [0.1, 0.15) is 0 Å². The van der Waals surface area contributed by atoms with Gasteiger partial charge in [0.25, 0.3) is 0 Å². The molecule has 0 radical (unpaired) electrons. The number of sulfonamides is 1. The van der Waals surface area contributed by atoms with E-state index in [0.29, 0.717) is 26.2 Å². The maximum Gasteiger partial charge on any atom is 0.238 e. The second-order valence-electron chi connectivity index (χ2n) is 4.90. The van der Waals surface area contributed by atoms with Crippen LogP contribution in [0.25, 0.3) is 0 Å². The van der Waals surface area contributed by atoms with E-state index < -0.39 is 10.0 Å². The van der Waals surface area contributed by atoms with Crippen molar-refractivity contribution in [3.05, 3.63) is 29.8 Å². The predicted octanol–water partition coefficient (Wildman–Crippen LogP) is -0.671. The Hall–Kier alpha value is -1.48. The molecule has 1 saturated heterocycles. The molecule has 1 unspecified atom stereocenters. The fourth-order valence-electron chi connectivity index (χ4n) is 2.04. The molecule has 21 heavy (non-hydrogen) atoms. The van der Waals surface area contributed by atoms with Crippen molar-refractivity contribution in [1.29, 1.82) is 0 Å². The molecule has 1 aliphatic rings. The summed E-state index contributed by atoms with van der Waals surface area (Å²) in [5, 5.41) is 11.0. The van der Waals surface area contributed by atoms with Gasteiger partial charge in [-0.15, -0.1) is 0 Å². The number of hydrogen-bond donors (Lipinski definition) is 3. The SMILES string of the molecule is NS(=O)(=O)c1ccc(CNC(=O)CC2COCCN2)cc1. The second-order valence-corrected chi connectivity index (χ2v) is 6.46. The Bertz CT molecular complexity index is 580. The summed E-state index contributed by atoms with van der Waals surface area (Å²) in [6.07, 6.45) is 0.356. The number of carbonyl (C=O) groups excluding carboxylic acids is 1. The maximum absolute atomic E-state index is 11.8. The minimum Gasteiger partial charge on any atom is -0.378 e. The lowest BCUT2D eigenvalue weighted by atomic mass is 10.2. The highest BCUT2D eigenvalue weighted by atomic mass is 32.2.